The molecule has 2 atom stereocenters. The zero-order valence-electron chi connectivity index (χ0n) is 13.9. The third-order valence-corrected chi connectivity index (χ3v) is 6.20. The maximum Gasteiger partial charge on any atom is 0.227 e. The van der Waals surface area contributed by atoms with Crippen LogP contribution in [0, 0.1) is 5.92 Å². The molecule has 0 saturated carbocycles. The van der Waals surface area contributed by atoms with Crippen LogP contribution < -0.4 is 5.32 Å². The highest BCUT2D eigenvalue weighted by atomic mass is 19.1. The average molecular weight is 319 g/mol. The molecule has 5 heteroatoms. The van der Waals surface area contributed by atoms with Gasteiger partial charge in [-0.2, -0.15) is 0 Å². The summed E-state index contributed by atoms with van der Waals surface area (Å²) in [4.78, 5) is 17.1. The normalized spacial score (nSPS) is 36.2. The van der Waals surface area contributed by atoms with E-state index in [0.29, 0.717) is 18.9 Å². The molecule has 0 aromatic heterocycles. The van der Waals surface area contributed by atoms with Gasteiger partial charge in [0, 0.05) is 55.7 Å². The molecule has 23 heavy (non-hydrogen) atoms. The Kier molecular flexibility index (Phi) is 3.81. The second-order valence-corrected chi connectivity index (χ2v) is 7.72. The van der Waals surface area contributed by atoms with Crippen molar-refractivity contribution in [3.05, 3.63) is 23.7 Å². The number of hydrogen-bond donors (Lipinski definition) is 1. The molecule has 1 N–H and O–H groups in total. The van der Waals surface area contributed by atoms with Crippen LogP contribution >= 0.6 is 0 Å². The molecule has 1 aliphatic carbocycles. The number of halogens is 1. The molecule has 2 unspecified atom stereocenters. The van der Waals surface area contributed by atoms with Crippen molar-refractivity contribution < 1.29 is 9.18 Å². The number of rotatable bonds is 2. The van der Waals surface area contributed by atoms with Gasteiger partial charge in [0.25, 0.3) is 0 Å². The van der Waals surface area contributed by atoms with E-state index in [4.69, 9.17) is 0 Å². The van der Waals surface area contributed by atoms with Crippen molar-refractivity contribution in [3.63, 3.8) is 0 Å². The number of fused-ring (bicyclic) bond motifs is 1. The molecule has 3 aliphatic heterocycles. The third kappa shape index (κ3) is 2.64. The van der Waals surface area contributed by atoms with Crippen LogP contribution in [0.1, 0.15) is 39.0 Å². The van der Waals surface area contributed by atoms with Crippen molar-refractivity contribution in [2.75, 3.05) is 26.2 Å². The summed E-state index contributed by atoms with van der Waals surface area (Å²) < 4.78 is 13.5. The molecule has 126 valence electrons. The van der Waals surface area contributed by atoms with E-state index in [0.717, 1.165) is 44.7 Å². The van der Waals surface area contributed by atoms with E-state index in [1.807, 2.05) is 11.0 Å². The quantitative estimate of drug-likeness (QED) is 0.847. The largest absolute Gasteiger partial charge is 0.315 e. The van der Waals surface area contributed by atoms with Gasteiger partial charge in [0.2, 0.25) is 5.91 Å². The molecule has 1 amide bonds. The minimum atomic E-state index is -0.0927. The molecule has 3 fully saturated rings. The highest BCUT2D eigenvalue weighted by Gasteiger charge is 2.43. The third-order valence-electron chi connectivity index (χ3n) is 6.20. The van der Waals surface area contributed by atoms with Crippen molar-refractivity contribution in [1.29, 1.82) is 0 Å². The number of amides is 1. The predicted octanol–water partition coefficient (Wildman–Crippen LogP) is 2.19. The molecule has 0 aromatic rings. The van der Waals surface area contributed by atoms with E-state index < -0.39 is 0 Å². The lowest BCUT2D eigenvalue weighted by atomic mass is 9.92. The number of carbonyl (C=O) groups excluding carboxylic acids is 1. The first-order valence-electron chi connectivity index (χ1n) is 8.91. The summed E-state index contributed by atoms with van der Waals surface area (Å²) in [5.74, 6) is 0.170. The van der Waals surface area contributed by atoms with Crippen molar-refractivity contribution in [2.45, 2.75) is 50.6 Å². The lowest BCUT2D eigenvalue weighted by Crippen LogP contribution is -2.54. The topological polar surface area (TPSA) is 35.6 Å². The molecule has 0 radical (unpaired) electrons. The monoisotopic (exact) mass is 319 g/mol. The number of nitrogens with zero attached hydrogens (tertiary/aromatic N) is 2. The zero-order chi connectivity index (χ0) is 16.0. The Morgan fingerprint density at radius 3 is 2.74 bits per heavy atom. The van der Waals surface area contributed by atoms with Crippen molar-refractivity contribution in [3.8, 4) is 0 Å². The fraction of sp³-hybridized carbons (Fsp3) is 0.722. The molecular formula is C18H26FN3O. The van der Waals surface area contributed by atoms with Gasteiger partial charge in [0.1, 0.15) is 5.83 Å². The lowest BCUT2D eigenvalue weighted by molar-refractivity contribution is -0.129. The molecular weight excluding hydrogens is 293 g/mol. The van der Waals surface area contributed by atoms with Gasteiger partial charge < -0.3 is 10.2 Å². The first kappa shape index (κ1) is 15.3. The second kappa shape index (κ2) is 5.71. The van der Waals surface area contributed by atoms with Gasteiger partial charge in [0.05, 0.1) is 0 Å². The van der Waals surface area contributed by atoms with Crippen LogP contribution in [0.15, 0.2) is 23.7 Å². The van der Waals surface area contributed by atoms with Gasteiger partial charge in [-0.05, 0) is 44.9 Å². The van der Waals surface area contributed by atoms with Gasteiger partial charge >= 0.3 is 0 Å². The first-order valence-corrected chi connectivity index (χ1v) is 8.91. The summed E-state index contributed by atoms with van der Waals surface area (Å²) in [6.07, 6.45) is 7.51. The highest BCUT2D eigenvalue weighted by Crippen LogP contribution is 2.40. The van der Waals surface area contributed by atoms with Crippen LogP contribution in [-0.2, 0) is 4.79 Å². The SMILES string of the molecule is CC1(N2CCC(N3C(=O)CC4CC(F)=CC=C43)CC2)CCNC1. The van der Waals surface area contributed by atoms with E-state index >= 15 is 0 Å². The molecule has 4 rings (SSSR count). The smallest absolute Gasteiger partial charge is 0.227 e. The number of carbonyl (C=O) groups is 1. The summed E-state index contributed by atoms with van der Waals surface area (Å²) in [6, 6.07) is 0.294. The van der Waals surface area contributed by atoms with E-state index in [2.05, 4.69) is 17.1 Å². The Labute approximate surface area is 137 Å². The zero-order valence-corrected chi connectivity index (χ0v) is 13.9. The van der Waals surface area contributed by atoms with Gasteiger partial charge in [0.15, 0.2) is 0 Å². The summed E-state index contributed by atoms with van der Waals surface area (Å²) in [5.41, 5.74) is 1.34. The van der Waals surface area contributed by atoms with Gasteiger partial charge in [-0.15, -0.1) is 0 Å². The molecule has 0 aromatic carbocycles. The van der Waals surface area contributed by atoms with Crippen molar-refractivity contribution in [1.82, 2.24) is 15.1 Å². The van der Waals surface area contributed by atoms with Crippen LogP contribution in [0.5, 0.6) is 0 Å². The molecule has 3 saturated heterocycles. The Morgan fingerprint density at radius 1 is 1.26 bits per heavy atom. The number of likely N-dealkylation sites (tertiary alicyclic amines) is 2. The maximum atomic E-state index is 13.5. The summed E-state index contributed by atoms with van der Waals surface area (Å²) in [6.45, 7) is 6.62. The Morgan fingerprint density at radius 2 is 2.04 bits per heavy atom. The van der Waals surface area contributed by atoms with E-state index in [1.165, 1.54) is 12.5 Å². The van der Waals surface area contributed by atoms with Crippen LogP contribution in [0.3, 0.4) is 0 Å². The molecule has 3 heterocycles. The number of hydrogen-bond acceptors (Lipinski definition) is 3. The number of piperidine rings is 1. The average Bonchev–Trinajstić information content (AvgIpc) is 3.11. The minimum Gasteiger partial charge on any atom is -0.315 e. The molecule has 0 spiro atoms. The first-order chi connectivity index (χ1) is 11.1. The Hall–Kier alpha value is -1.20. The number of nitrogens with one attached hydrogen (secondary N) is 1. The van der Waals surface area contributed by atoms with Gasteiger partial charge in [-0.25, -0.2) is 4.39 Å². The van der Waals surface area contributed by atoms with E-state index in [1.54, 1.807) is 0 Å². The Balaban J connectivity index is 1.45. The summed E-state index contributed by atoms with van der Waals surface area (Å²) in [7, 11) is 0. The van der Waals surface area contributed by atoms with Crippen molar-refractivity contribution in [2.24, 2.45) is 5.92 Å². The fourth-order valence-electron chi connectivity index (χ4n) is 4.78. The van der Waals surface area contributed by atoms with Crippen LogP contribution in [0.4, 0.5) is 4.39 Å². The van der Waals surface area contributed by atoms with Crippen molar-refractivity contribution >= 4 is 5.91 Å². The van der Waals surface area contributed by atoms with Crippen LogP contribution in [-0.4, -0.2) is 53.5 Å². The number of allylic oxidation sites excluding steroid dienone is 4. The van der Waals surface area contributed by atoms with Crippen LogP contribution in [0.2, 0.25) is 0 Å². The molecule has 0 bridgehead atoms. The van der Waals surface area contributed by atoms with E-state index in [-0.39, 0.29) is 23.2 Å². The Bertz CT molecular complexity index is 557. The van der Waals surface area contributed by atoms with Gasteiger partial charge in [-0.3, -0.25) is 9.69 Å². The standard InChI is InChI=1S/C18H26FN3O/c1-18(6-7-20-12-18)21-8-4-15(5-9-21)22-16-3-2-14(19)10-13(16)11-17(22)23/h2-3,13,15,20H,4-12H2,1H3. The van der Waals surface area contributed by atoms with Crippen LogP contribution in [0.25, 0.3) is 0 Å². The summed E-state index contributed by atoms with van der Waals surface area (Å²) >= 11 is 0. The minimum absolute atomic E-state index is 0.0714. The lowest BCUT2D eigenvalue weighted by Gasteiger charge is -2.44. The second-order valence-electron chi connectivity index (χ2n) is 7.72. The predicted molar refractivity (Wildman–Crippen MR) is 87.3 cm³/mol. The van der Waals surface area contributed by atoms with Gasteiger partial charge in [-0.1, -0.05) is 0 Å². The molecule has 4 nitrogen and oxygen atoms in total. The summed E-state index contributed by atoms with van der Waals surface area (Å²) in [5, 5.41) is 3.47. The maximum absolute atomic E-state index is 13.5. The van der Waals surface area contributed by atoms with E-state index in [9.17, 15) is 9.18 Å². The fourth-order valence-corrected chi connectivity index (χ4v) is 4.78. The highest BCUT2D eigenvalue weighted by molar-refractivity contribution is 5.82. The molecule has 4 aliphatic rings.